The Kier molecular flexibility index (Phi) is 11.6. The average Bonchev–Trinajstić information content (AvgIpc) is 3.67. The van der Waals surface area contributed by atoms with Crippen LogP contribution in [0.15, 0.2) is 63.4 Å². The molecule has 262 valence electrons. The van der Waals surface area contributed by atoms with E-state index in [1.165, 1.54) is 123 Å². The summed E-state index contributed by atoms with van der Waals surface area (Å²) in [5, 5.41) is 2.65. The van der Waals surface area contributed by atoms with Crippen LogP contribution in [0.3, 0.4) is 0 Å². The van der Waals surface area contributed by atoms with Crippen molar-refractivity contribution in [2.24, 2.45) is 29.6 Å². The highest BCUT2D eigenvalue weighted by atomic mass is 32.2. The summed E-state index contributed by atoms with van der Waals surface area (Å²) in [5.41, 5.74) is 2.52. The summed E-state index contributed by atoms with van der Waals surface area (Å²) in [5.74, 6) is 5.63. The van der Waals surface area contributed by atoms with Crippen molar-refractivity contribution in [1.82, 2.24) is 0 Å². The van der Waals surface area contributed by atoms with Gasteiger partial charge in [0.05, 0.1) is 11.5 Å². The molecular weight excluding hydrogens is 633 g/mol. The maximum Gasteiger partial charge on any atom is 0.291 e. The van der Waals surface area contributed by atoms with Gasteiger partial charge < -0.3 is 4.74 Å². The van der Waals surface area contributed by atoms with Crippen LogP contribution in [0.25, 0.3) is 10.8 Å². The van der Waals surface area contributed by atoms with Crippen LogP contribution in [0.5, 0.6) is 5.75 Å². The first-order valence-electron chi connectivity index (χ1n) is 19.7. The van der Waals surface area contributed by atoms with Gasteiger partial charge in [-0.1, -0.05) is 87.6 Å². The lowest BCUT2D eigenvalue weighted by Gasteiger charge is -2.40. The van der Waals surface area contributed by atoms with Crippen molar-refractivity contribution in [3.8, 4) is 5.75 Å². The molecule has 4 aliphatic carbocycles. The summed E-state index contributed by atoms with van der Waals surface area (Å²) < 4.78 is 43.4. The summed E-state index contributed by atoms with van der Waals surface area (Å²) in [4.78, 5) is 1.96. The highest BCUT2D eigenvalue weighted by Crippen LogP contribution is 2.50. The molecule has 0 spiro atoms. The minimum Gasteiger partial charge on any atom is -0.493 e. The Balaban J connectivity index is 0.951. The Labute approximate surface area is 293 Å². The molecule has 4 fully saturated rings. The lowest BCUT2D eigenvalue weighted by Crippen LogP contribution is -2.32. The molecule has 1 saturated heterocycles. The lowest BCUT2D eigenvalue weighted by atomic mass is 9.67. The Morgan fingerprint density at radius 3 is 2.08 bits per heavy atom. The molecule has 48 heavy (non-hydrogen) atoms. The van der Waals surface area contributed by atoms with Crippen LogP contribution in [-0.2, 0) is 21.0 Å². The molecule has 3 saturated carbocycles. The second-order valence-corrected chi connectivity index (χ2v) is 19.5. The molecule has 4 nitrogen and oxygen atoms in total. The van der Waals surface area contributed by atoms with Crippen molar-refractivity contribution in [2.75, 3.05) is 18.1 Å². The van der Waals surface area contributed by atoms with Gasteiger partial charge in [-0.3, -0.25) is 4.55 Å². The minimum absolute atomic E-state index is 0.0383. The van der Waals surface area contributed by atoms with Crippen LogP contribution >= 0.6 is 0 Å². The van der Waals surface area contributed by atoms with E-state index in [1.54, 1.807) is 0 Å². The van der Waals surface area contributed by atoms with Gasteiger partial charge >= 0.3 is 0 Å². The van der Waals surface area contributed by atoms with Gasteiger partial charge in [-0.15, -0.1) is 0 Å². The van der Waals surface area contributed by atoms with Crippen molar-refractivity contribution in [3.63, 3.8) is 0 Å². The zero-order valence-corrected chi connectivity index (χ0v) is 30.8. The maximum absolute atomic E-state index is 13.2. The number of ether oxygens (including phenoxy) is 1. The van der Waals surface area contributed by atoms with Crippen molar-refractivity contribution in [3.05, 3.63) is 58.5 Å². The molecular formula is C42H59O4S2+. The first-order chi connectivity index (χ1) is 23.5. The SMILES string of the molecule is O=S(=O)(O)C1=C(C2CCCCC2)C=C(C2CCCCC2)CC1C1CCC(CCCCOc2ccc([S+]3CCCC3)c3ccccc23)CC1. The average molecular weight is 692 g/mol. The molecule has 0 amide bonds. The number of unbranched alkanes of at least 4 members (excludes halogenated alkanes) is 1. The fourth-order valence-corrected chi connectivity index (χ4v) is 13.9. The second kappa shape index (κ2) is 16.1. The van der Waals surface area contributed by atoms with E-state index < -0.39 is 10.1 Å². The first kappa shape index (κ1) is 34.7. The van der Waals surface area contributed by atoms with E-state index in [-0.39, 0.29) is 5.92 Å². The molecule has 1 heterocycles. The fourth-order valence-electron chi connectivity index (χ4n) is 10.2. The number of allylic oxidation sites excluding steroid dienone is 4. The quantitative estimate of drug-likeness (QED) is 0.145. The van der Waals surface area contributed by atoms with Crippen LogP contribution in [0.2, 0.25) is 0 Å². The van der Waals surface area contributed by atoms with E-state index in [4.69, 9.17) is 4.74 Å². The Hall–Kier alpha value is -1.76. The van der Waals surface area contributed by atoms with Gasteiger partial charge in [0.1, 0.15) is 17.3 Å². The maximum atomic E-state index is 13.2. The molecule has 2 aromatic carbocycles. The zero-order valence-electron chi connectivity index (χ0n) is 29.2. The molecule has 7 rings (SSSR count). The molecule has 5 aliphatic rings. The van der Waals surface area contributed by atoms with Crippen molar-refractivity contribution < 1.29 is 17.7 Å². The molecule has 1 atom stereocenters. The third-order valence-electron chi connectivity index (χ3n) is 12.8. The molecule has 2 aromatic rings. The highest BCUT2D eigenvalue weighted by molar-refractivity contribution is 7.97. The van der Waals surface area contributed by atoms with Crippen molar-refractivity contribution in [2.45, 2.75) is 133 Å². The molecule has 1 aliphatic heterocycles. The summed E-state index contributed by atoms with van der Waals surface area (Å²) >= 11 is 0. The number of benzene rings is 2. The van der Waals surface area contributed by atoms with Crippen LogP contribution in [0.1, 0.15) is 128 Å². The van der Waals surface area contributed by atoms with Crippen LogP contribution in [-0.4, -0.2) is 31.1 Å². The van der Waals surface area contributed by atoms with Gasteiger partial charge in [0, 0.05) is 27.6 Å². The largest absolute Gasteiger partial charge is 0.493 e. The Bertz CT molecular complexity index is 1550. The van der Waals surface area contributed by atoms with Crippen LogP contribution < -0.4 is 4.74 Å². The molecule has 0 bridgehead atoms. The summed E-state index contributed by atoms with van der Waals surface area (Å²) in [6, 6.07) is 13.4. The molecule has 0 radical (unpaired) electrons. The van der Waals surface area contributed by atoms with E-state index >= 15 is 0 Å². The van der Waals surface area contributed by atoms with Gasteiger partial charge in [0.25, 0.3) is 10.1 Å². The number of hydrogen-bond donors (Lipinski definition) is 1. The number of fused-ring (bicyclic) bond motifs is 1. The normalized spacial score (nSPS) is 27.0. The predicted octanol–water partition coefficient (Wildman–Crippen LogP) is 11.2. The van der Waals surface area contributed by atoms with Gasteiger partial charge in [-0.05, 0) is 118 Å². The van der Waals surface area contributed by atoms with E-state index in [9.17, 15) is 13.0 Å². The zero-order chi connectivity index (χ0) is 32.9. The number of hydrogen-bond acceptors (Lipinski definition) is 3. The van der Waals surface area contributed by atoms with Gasteiger partial charge in [-0.25, -0.2) is 0 Å². The fraction of sp³-hybridized carbons (Fsp3) is 0.667. The van der Waals surface area contributed by atoms with Crippen LogP contribution in [0, 0.1) is 29.6 Å². The second-order valence-electron chi connectivity index (χ2n) is 15.8. The third-order valence-corrected chi connectivity index (χ3v) is 16.4. The van der Waals surface area contributed by atoms with Gasteiger partial charge in [0.15, 0.2) is 4.90 Å². The number of rotatable bonds is 11. The first-order valence-corrected chi connectivity index (χ1v) is 22.7. The molecule has 1 unspecified atom stereocenters. The predicted molar refractivity (Wildman–Crippen MR) is 201 cm³/mol. The molecule has 1 N–H and O–H groups in total. The van der Waals surface area contributed by atoms with Gasteiger partial charge in [0.2, 0.25) is 0 Å². The van der Waals surface area contributed by atoms with E-state index in [1.807, 2.05) is 0 Å². The van der Waals surface area contributed by atoms with E-state index in [0.717, 1.165) is 56.5 Å². The third kappa shape index (κ3) is 8.07. The standard InChI is InChI=1S/C42H58O4S2/c43-48(44,45)42-38(33-16-5-2-6-17-33)29-35(32-14-3-1-4-15-32)30-39(42)34-22-20-31(21-23-34)13-9-10-26-46-40-24-25-41(47-27-11-12-28-47)37-19-8-7-18-36(37)40/h7-8,18-19,24-25,29,31-34,39H,1-6,9-17,20-23,26-28,30H2/p+1. The molecule has 0 aromatic heterocycles. The summed E-state index contributed by atoms with van der Waals surface area (Å²) in [6.45, 7) is 0.759. The smallest absolute Gasteiger partial charge is 0.291 e. The van der Waals surface area contributed by atoms with E-state index in [2.05, 4.69) is 42.5 Å². The summed E-state index contributed by atoms with van der Waals surface area (Å²) in [7, 11) is -3.84. The minimum atomic E-state index is -4.23. The Morgan fingerprint density at radius 1 is 0.729 bits per heavy atom. The van der Waals surface area contributed by atoms with E-state index in [0.29, 0.717) is 39.5 Å². The highest BCUT2D eigenvalue weighted by Gasteiger charge is 2.41. The summed E-state index contributed by atoms with van der Waals surface area (Å²) in [6.07, 6.45) is 26.0. The van der Waals surface area contributed by atoms with Crippen molar-refractivity contribution in [1.29, 1.82) is 0 Å². The van der Waals surface area contributed by atoms with Crippen molar-refractivity contribution >= 4 is 31.8 Å². The monoisotopic (exact) mass is 691 g/mol. The van der Waals surface area contributed by atoms with Crippen LogP contribution in [0.4, 0.5) is 0 Å². The topological polar surface area (TPSA) is 63.6 Å². The molecule has 6 heteroatoms. The van der Waals surface area contributed by atoms with Gasteiger partial charge in [-0.2, -0.15) is 8.42 Å². The Morgan fingerprint density at radius 2 is 1.40 bits per heavy atom. The lowest BCUT2D eigenvalue weighted by molar-refractivity contribution is 0.205.